The SMILES string of the molecule is CCCS(=O)(=O)CCOc1ccc(OC)cc1CO. The topological polar surface area (TPSA) is 72.8 Å². The van der Waals surface area contributed by atoms with Crippen LogP contribution in [-0.2, 0) is 16.4 Å². The van der Waals surface area contributed by atoms with Gasteiger partial charge in [-0.3, -0.25) is 0 Å². The average Bonchev–Trinajstić information content (AvgIpc) is 2.38. The molecule has 0 atom stereocenters. The molecular weight excluding hydrogens is 268 g/mol. The highest BCUT2D eigenvalue weighted by Gasteiger charge is 2.11. The van der Waals surface area contributed by atoms with E-state index in [1.165, 1.54) is 7.11 Å². The summed E-state index contributed by atoms with van der Waals surface area (Å²) in [4.78, 5) is 0. The van der Waals surface area contributed by atoms with E-state index in [0.29, 0.717) is 23.5 Å². The number of hydrogen-bond donors (Lipinski definition) is 1. The predicted molar refractivity (Wildman–Crippen MR) is 73.4 cm³/mol. The minimum atomic E-state index is -3.05. The molecule has 0 saturated heterocycles. The summed E-state index contributed by atoms with van der Waals surface area (Å²) >= 11 is 0. The van der Waals surface area contributed by atoms with E-state index in [2.05, 4.69) is 0 Å². The monoisotopic (exact) mass is 288 g/mol. The lowest BCUT2D eigenvalue weighted by atomic mass is 10.2. The molecule has 1 aromatic rings. The van der Waals surface area contributed by atoms with Crippen LogP contribution >= 0.6 is 0 Å². The molecule has 5 nitrogen and oxygen atoms in total. The lowest BCUT2D eigenvalue weighted by Gasteiger charge is -2.11. The van der Waals surface area contributed by atoms with Crippen molar-refractivity contribution in [2.45, 2.75) is 20.0 Å². The fourth-order valence-corrected chi connectivity index (χ4v) is 2.80. The highest BCUT2D eigenvalue weighted by molar-refractivity contribution is 7.91. The van der Waals surface area contributed by atoms with E-state index in [4.69, 9.17) is 9.47 Å². The Morgan fingerprint density at radius 3 is 2.58 bits per heavy atom. The molecule has 0 aliphatic rings. The Bertz CT molecular complexity index is 496. The number of ether oxygens (including phenoxy) is 2. The van der Waals surface area contributed by atoms with Crippen molar-refractivity contribution in [3.8, 4) is 11.5 Å². The van der Waals surface area contributed by atoms with Gasteiger partial charge in [0.1, 0.15) is 18.1 Å². The van der Waals surface area contributed by atoms with Crippen LogP contribution in [0.25, 0.3) is 0 Å². The molecule has 0 radical (unpaired) electrons. The summed E-state index contributed by atoms with van der Waals surface area (Å²) in [6.07, 6.45) is 0.604. The third-order valence-electron chi connectivity index (χ3n) is 2.61. The van der Waals surface area contributed by atoms with Gasteiger partial charge in [0.25, 0.3) is 0 Å². The van der Waals surface area contributed by atoms with Crippen LogP contribution in [0, 0.1) is 0 Å². The van der Waals surface area contributed by atoms with Crippen LogP contribution < -0.4 is 9.47 Å². The first-order valence-corrected chi connectivity index (χ1v) is 7.95. The quantitative estimate of drug-likeness (QED) is 0.782. The molecule has 0 bridgehead atoms. The second-order valence-electron chi connectivity index (χ2n) is 4.13. The Labute approximate surface area is 114 Å². The number of rotatable bonds is 8. The second kappa shape index (κ2) is 7.35. The Morgan fingerprint density at radius 2 is 2.00 bits per heavy atom. The summed E-state index contributed by atoms with van der Waals surface area (Å²) in [5, 5.41) is 9.23. The highest BCUT2D eigenvalue weighted by Crippen LogP contribution is 2.24. The van der Waals surface area contributed by atoms with Crippen molar-refractivity contribution in [3.63, 3.8) is 0 Å². The first kappa shape index (κ1) is 15.8. The molecule has 0 unspecified atom stereocenters. The van der Waals surface area contributed by atoms with E-state index < -0.39 is 9.84 Å². The summed E-state index contributed by atoms with van der Waals surface area (Å²) < 4.78 is 33.5. The number of aliphatic hydroxyl groups is 1. The van der Waals surface area contributed by atoms with Gasteiger partial charge in [-0.2, -0.15) is 0 Å². The number of benzene rings is 1. The maximum atomic E-state index is 11.5. The lowest BCUT2D eigenvalue weighted by molar-refractivity contribution is 0.266. The molecule has 0 heterocycles. The van der Waals surface area contributed by atoms with Crippen molar-refractivity contribution in [3.05, 3.63) is 23.8 Å². The molecule has 6 heteroatoms. The molecule has 1 aromatic carbocycles. The molecular formula is C13H20O5S. The van der Waals surface area contributed by atoms with Crippen LogP contribution in [-0.4, -0.2) is 38.7 Å². The van der Waals surface area contributed by atoms with E-state index in [-0.39, 0.29) is 24.7 Å². The van der Waals surface area contributed by atoms with Crippen molar-refractivity contribution in [1.29, 1.82) is 0 Å². The molecule has 0 aromatic heterocycles. The van der Waals surface area contributed by atoms with Crippen LogP contribution in [0.5, 0.6) is 11.5 Å². The standard InChI is InChI=1S/C13H20O5S/c1-3-7-19(15,16)8-6-18-13-5-4-12(17-2)9-11(13)10-14/h4-5,9,14H,3,6-8,10H2,1-2H3. The van der Waals surface area contributed by atoms with E-state index in [1.807, 2.05) is 6.92 Å². The number of hydrogen-bond acceptors (Lipinski definition) is 5. The molecule has 0 spiro atoms. The van der Waals surface area contributed by atoms with Crippen LogP contribution in [0.1, 0.15) is 18.9 Å². The molecule has 0 aliphatic heterocycles. The van der Waals surface area contributed by atoms with Gasteiger partial charge in [0.15, 0.2) is 9.84 Å². The van der Waals surface area contributed by atoms with Gasteiger partial charge in [-0.15, -0.1) is 0 Å². The Hall–Kier alpha value is -1.27. The zero-order chi connectivity index (χ0) is 14.3. The van der Waals surface area contributed by atoms with Crippen LogP contribution in [0.2, 0.25) is 0 Å². The third-order valence-corrected chi connectivity index (χ3v) is 4.42. The van der Waals surface area contributed by atoms with Gasteiger partial charge in [0.05, 0.1) is 25.2 Å². The fourth-order valence-electron chi connectivity index (χ4n) is 1.64. The van der Waals surface area contributed by atoms with Crippen molar-refractivity contribution in [2.75, 3.05) is 25.2 Å². The van der Waals surface area contributed by atoms with Gasteiger partial charge in [-0.25, -0.2) is 8.42 Å². The van der Waals surface area contributed by atoms with Crippen molar-refractivity contribution in [1.82, 2.24) is 0 Å². The zero-order valence-corrected chi connectivity index (χ0v) is 12.1. The molecule has 0 aliphatic carbocycles. The largest absolute Gasteiger partial charge is 0.497 e. The van der Waals surface area contributed by atoms with E-state index >= 15 is 0 Å². The first-order chi connectivity index (χ1) is 9.02. The molecule has 108 valence electrons. The fraction of sp³-hybridized carbons (Fsp3) is 0.538. The predicted octanol–water partition coefficient (Wildman–Crippen LogP) is 1.39. The Kier molecular flexibility index (Phi) is 6.11. The van der Waals surface area contributed by atoms with E-state index in [0.717, 1.165) is 0 Å². The number of methoxy groups -OCH3 is 1. The minimum absolute atomic E-state index is 0.0161. The van der Waals surface area contributed by atoms with E-state index in [9.17, 15) is 13.5 Å². The Balaban J connectivity index is 2.63. The maximum Gasteiger partial charge on any atom is 0.153 e. The summed E-state index contributed by atoms with van der Waals surface area (Å²) in [5.41, 5.74) is 0.576. The number of sulfone groups is 1. The van der Waals surface area contributed by atoms with Crippen LogP contribution in [0.3, 0.4) is 0 Å². The van der Waals surface area contributed by atoms with Gasteiger partial charge in [-0.1, -0.05) is 6.92 Å². The van der Waals surface area contributed by atoms with Gasteiger partial charge < -0.3 is 14.6 Å². The van der Waals surface area contributed by atoms with Gasteiger partial charge >= 0.3 is 0 Å². The summed E-state index contributed by atoms with van der Waals surface area (Å²) in [6.45, 7) is 1.72. The highest BCUT2D eigenvalue weighted by atomic mass is 32.2. The molecule has 1 rings (SSSR count). The zero-order valence-electron chi connectivity index (χ0n) is 11.3. The smallest absolute Gasteiger partial charge is 0.153 e. The molecule has 1 N–H and O–H groups in total. The summed E-state index contributed by atoms with van der Waals surface area (Å²) in [5.74, 6) is 1.26. The van der Waals surface area contributed by atoms with Crippen molar-refractivity contribution < 1.29 is 23.0 Å². The third kappa shape index (κ3) is 5.08. The normalized spacial score (nSPS) is 11.3. The summed E-state index contributed by atoms with van der Waals surface area (Å²) in [6, 6.07) is 5.03. The molecule has 19 heavy (non-hydrogen) atoms. The maximum absolute atomic E-state index is 11.5. The lowest BCUT2D eigenvalue weighted by Crippen LogP contribution is -2.17. The van der Waals surface area contributed by atoms with Gasteiger partial charge in [-0.05, 0) is 24.6 Å². The average molecular weight is 288 g/mol. The minimum Gasteiger partial charge on any atom is -0.497 e. The summed E-state index contributed by atoms with van der Waals surface area (Å²) in [7, 11) is -1.51. The van der Waals surface area contributed by atoms with Gasteiger partial charge in [0.2, 0.25) is 0 Å². The number of aliphatic hydroxyl groups excluding tert-OH is 1. The van der Waals surface area contributed by atoms with Crippen molar-refractivity contribution in [2.24, 2.45) is 0 Å². The van der Waals surface area contributed by atoms with Gasteiger partial charge in [0, 0.05) is 5.56 Å². The second-order valence-corrected chi connectivity index (χ2v) is 6.44. The van der Waals surface area contributed by atoms with Crippen molar-refractivity contribution >= 4 is 9.84 Å². The van der Waals surface area contributed by atoms with Crippen LogP contribution in [0.15, 0.2) is 18.2 Å². The van der Waals surface area contributed by atoms with Crippen LogP contribution in [0.4, 0.5) is 0 Å². The van der Waals surface area contributed by atoms with E-state index in [1.54, 1.807) is 18.2 Å². The molecule has 0 amide bonds. The first-order valence-electron chi connectivity index (χ1n) is 6.13. The molecule has 0 saturated carbocycles. The Morgan fingerprint density at radius 1 is 1.26 bits per heavy atom. The molecule has 0 fully saturated rings.